The van der Waals surface area contributed by atoms with Crippen molar-refractivity contribution in [1.29, 1.82) is 5.39 Å². The second kappa shape index (κ2) is 3.99. The average molecular weight is 212 g/mol. The largest absolute Gasteiger partial charge is 0.385 e. The van der Waals surface area contributed by atoms with E-state index in [1.165, 1.54) is 6.08 Å². The van der Waals surface area contributed by atoms with E-state index in [1.54, 1.807) is 23.1 Å². The molecule has 0 aliphatic carbocycles. The number of allylic oxidation sites excluding steroid dienone is 1. The highest BCUT2D eigenvalue weighted by Gasteiger charge is 2.18. The molecule has 1 aromatic rings. The van der Waals surface area contributed by atoms with Gasteiger partial charge in [0.25, 0.3) is 5.91 Å². The molecule has 1 amide bonds. The summed E-state index contributed by atoms with van der Waals surface area (Å²) >= 11 is 0. The first-order chi connectivity index (χ1) is 7.70. The van der Waals surface area contributed by atoms with Crippen molar-refractivity contribution in [3.63, 3.8) is 0 Å². The van der Waals surface area contributed by atoms with Crippen LogP contribution < -0.4 is 0 Å². The quantitative estimate of drug-likeness (QED) is 0.707. The second-order valence-electron chi connectivity index (χ2n) is 3.52. The van der Waals surface area contributed by atoms with Crippen molar-refractivity contribution in [2.24, 2.45) is 0 Å². The van der Waals surface area contributed by atoms with Gasteiger partial charge < -0.3 is 4.90 Å². The first-order valence-electron chi connectivity index (χ1n) is 4.83. The van der Waals surface area contributed by atoms with Gasteiger partial charge >= 0.3 is 5.69 Å². The summed E-state index contributed by atoms with van der Waals surface area (Å²) in [6.45, 7) is 4.26. The molecule has 4 heteroatoms. The average Bonchev–Trinajstić information content (AvgIpc) is 2.62. The van der Waals surface area contributed by atoms with Crippen LogP contribution in [0, 0.1) is 5.39 Å². The van der Waals surface area contributed by atoms with Crippen molar-refractivity contribution in [2.75, 3.05) is 0 Å². The number of nitrogens with zero attached hydrogens (tertiary/aromatic N) is 3. The monoisotopic (exact) mass is 212 g/mol. The lowest BCUT2D eigenvalue weighted by Gasteiger charge is -2.16. The van der Waals surface area contributed by atoms with Gasteiger partial charge in [-0.05, 0) is 23.8 Å². The molecule has 0 radical (unpaired) electrons. The molecule has 0 unspecified atom stereocenters. The van der Waals surface area contributed by atoms with Crippen molar-refractivity contribution < 1.29 is 4.79 Å². The fourth-order valence-corrected chi connectivity index (χ4v) is 1.52. The van der Waals surface area contributed by atoms with E-state index in [4.69, 9.17) is 5.39 Å². The molecule has 0 atom stereocenters. The van der Waals surface area contributed by atoms with Gasteiger partial charge in [0, 0.05) is 23.9 Å². The molecular formula is C12H10N3O+. The Balaban J connectivity index is 2.13. The SMILES string of the molecule is C=C1C=CC(=O)N1Cc1ccc([N+]#N)cc1. The van der Waals surface area contributed by atoms with Crippen LogP contribution in [0.4, 0.5) is 5.69 Å². The van der Waals surface area contributed by atoms with E-state index in [1.807, 2.05) is 12.1 Å². The Hall–Kier alpha value is -2.41. The standard InChI is InChI=1S/C12H10N3O/c1-9-2-7-12(16)15(9)8-10-3-5-11(14-13)6-4-10/h2-7H,1,8H2/q+1. The van der Waals surface area contributed by atoms with Gasteiger partial charge in [0.2, 0.25) is 5.39 Å². The molecule has 1 heterocycles. The number of hydrogen-bond donors (Lipinski definition) is 0. The smallest absolute Gasteiger partial charge is 0.305 e. The third kappa shape index (κ3) is 1.84. The minimum atomic E-state index is -0.0547. The van der Waals surface area contributed by atoms with E-state index in [2.05, 4.69) is 11.6 Å². The Morgan fingerprint density at radius 1 is 1.25 bits per heavy atom. The molecule has 78 valence electrons. The van der Waals surface area contributed by atoms with Gasteiger partial charge in [0.05, 0.1) is 6.54 Å². The summed E-state index contributed by atoms with van der Waals surface area (Å²) in [6.07, 6.45) is 3.19. The Morgan fingerprint density at radius 2 is 1.94 bits per heavy atom. The van der Waals surface area contributed by atoms with Crippen LogP contribution in [0.25, 0.3) is 4.98 Å². The van der Waals surface area contributed by atoms with Crippen molar-refractivity contribution in [3.05, 3.63) is 59.2 Å². The highest BCUT2D eigenvalue weighted by Crippen LogP contribution is 2.19. The zero-order valence-electron chi connectivity index (χ0n) is 8.63. The summed E-state index contributed by atoms with van der Waals surface area (Å²) < 4.78 is 0. The van der Waals surface area contributed by atoms with Crippen LogP contribution in [0.15, 0.2) is 48.7 Å². The molecule has 16 heavy (non-hydrogen) atoms. The van der Waals surface area contributed by atoms with E-state index < -0.39 is 0 Å². The molecule has 1 aliphatic rings. The first kappa shape index (κ1) is 10.1. The fourth-order valence-electron chi connectivity index (χ4n) is 1.52. The molecular weight excluding hydrogens is 202 g/mol. The zero-order valence-corrected chi connectivity index (χ0v) is 8.63. The summed E-state index contributed by atoms with van der Waals surface area (Å²) in [4.78, 5) is 16.1. The number of benzene rings is 1. The number of carbonyl (C=O) groups is 1. The number of hydrogen-bond acceptors (Lipinski definition) is 2. The summed E-state index contributed by atoms with van der Waals surface area (Å²) in [5.74, 6) is -0.0547. The highest BCUT2D eigenvalue weighted by atomic mass is 16.2. The second-order valence-corrected chi connectivity index (χ2v) is 3.52. The van der Waals surface area contributed by atoms with Gasteiger partial charge in [0.1, 0.15) is 0 Å². The number of rotatable bonds is 2. The molecule has 1 aliphatic heterocycles. The van der Waals surface area contributed by atoms with E-state index in [-0.39, 0.29) is 5.91 Å². The fraction of sp³-hybridized carbons (Fsp3) is 0.0833. The molecule has 0 bridgehead atoms. The van der Waals surface area contributed by atoms with Crippen LogP contribution >= 0.6 is 0 Å². The van der Waals surface area contributed by atoms with Gasteiger partial charge in [-0.1, -0.05) is 6.58 Å². The van der Waals surface area contributed by atoms with Crippen LogP contribution in [0.5, 0.6) is 0 Å². The van der Waals surface area contributed by atoms with Crippen LogP contribution in [0.1, 0.15) is 5.56 Å². The number of diazo groups is 1. The maximum Gasteiger partial charge on any atom is 0.385 e. The van der Waals surface area contributed by atoms with Gasteiger partial charge in [-0.15, -0.1) is 0 Å². The van der Waals surface area contributed by atoms with Gasteiger partial charge in [-0.2, -0.15) is 0 Å². The van der Waals surface area contributed by atoms with Gasteiger partial charge in [-0.25, -0.2) is 0 Å². The maximum atomic E-state index is 11.4. The van der Waals surface area contributed by atoms with Gasteiger partial charge in [0.15, 0.2) is 4.98 Å². The van der Waals surface area contributed by atoms with Crippen molar-refractivity contribution >= 4 is 11.6 Å². The van der Waals surface area contributed by atoms with Crippen LogP contribution in [0.2, 0.25) is 0 Å². The molecule has 1 aromatic carbocycles. The van der Waals surface area contributed by atoms with Crippen molar-refractivity contribution in [3.8, 4) is 0 Å². The minimum Gasteiger partial charge on any atom is -0.305 e. The minimum absolute atomic E-state index is 0.0547. The predicted molar refractivity (Wildman–Crippen MR) is 60.0 cm³/mol. The summed E-state index contributed by atoms with van der Waals surface area (Å²) in [5, 5.41) is 8.53. The first-order valence-corrected chi connectivity index (χ1v) is 4.83. The van der Waals surface area contributed by atoms with E-state index in [0.717, 1.165) is 5.56 Å². The third-order valence-corrected chi connectivity index (χ3v) is 2.42. The summed E-state index contributed by atoms with van der Waals surface area (Å²) in [6, 6.07) is 7.00. The molecule has 2 rings (SSSR count). The number of carbonyl (C=O) groups excluding carboxylic acids is 1. The lowest BCUT2D eigenvalue weighted by Crippen LogP contribution is -2.22. The Morgan fingerprint density at radius 3 is 2.44 bits per heavy atom. The maximum absolute atomic E-state index is 11.4. The summed E-state index contributed by atoms with van der Waals surface area (Å²) in [5.41, 5.74) is 2.15. The Kier molecular flexibility index (Phi) is 2.52. The molecule has 0 aromatic heterocycles. The molecule has 4 nitrogen and oxygen atoms in total. The molecule has 0 saturated carbocycles. The Bertz CT molecular complexity index is 490. The molecule has 0 fully saturated rings. The lowest BCUT2D eigenvalue weighted by atomic mass is 10.2. The topological polar surface area (TPSA) is 48.5 Å². The lowest BCUT2D eigenvalue weighted by molar-refractivity contribution is -0.123. The predicted octanol–water partition coefficient (Wildman–Crippen LogP) is 2.58. The molecule has 0 N–H and O–H groups in total. The Labute approximate surface area is 93.1 Å². The number of amides is 1. The van der Waals surface area contributed by atoms with Crippen molar-refractivity contribution in [1.82, 2.24) is 4.90 Å². The molecule has 0 saturated heterocycles. The normalized spacial score (nSPS) is 14.3. The van der Waals surface area contributed by atoms with Crippen LogP contribution in [0.3, 0.4) is 0 Å². The van der Waals surface area contributed by atoms with Crippen LogP contribution in [-0.2, 0) is 11.3 Å². The van der Waals surface area contributed by atoms with E-state index in [0.29, 0.717) is 17.9 Å². The third-order valence-electron chi connectivity index (χ3n) is 2.42. The zero-order chi connectivity index (χ0) is 11.5. The van der Waals surface area contributed by atoms with Crippen LogP contribution in [-0.4, -0.2) is 10.8 Å². The van der Waals surface area contributed by atoms with E-state index in [9.17, 15) is 4.79 Å². The highest BCUT2D eigenvalue weighted by molar-refractivity contribution is 5.92. The summed E-state index contributed by atoms with van der Waals surface area (Å²) in [7, 11) is 0. The molecule has 0 spiro atoms. The van der Waals surface area contributed by atoms with Gasteiger partial charge in [-0.3, -0.25) is 4.79 Å². The van der Waals surface area contributed by atoms with Crippen molar-refractivity contribution in [2.45, 2.75) is 6.54 Å². The van der Waals surface area contributed by atoms with E-state index >= 15 is 0 Å².